The van der Waals surface area contributed by atoms with E-state index in [2.05, 4.69) is 48.3 Å². The van der Waals surface area contributed by atoms with Crippen molar-refractivity contribution in [3.05, 3.63) is 81.8 Å². The number of nitrogens with zero attached hydrogens (tertiary/aromatic N) is 3. The zero-order valence-electron chi connectivity index (χ0n) is 15.6. The van der Waals surface area contributed by atoms with Crippen LogP contribution < -0.4 is 16.4 Å². The van der Waals surface area contributed by atoms with Crippen LogP contribution in [-0.4, -0.2) is 32.4 Å². The zero-order chi connectivity index (χ0) is 19.8. The minimum absolute atomic E-state index is 0.251. The van der Waals surface area contributed by atoms with Crippen molar-refractivity contribution >= 4 is 16.5 Å². The number of H-pyrrole nitrogens is 2. The standard InChI is InChI=1S/C20H19N7O2/c1-21-9-11-5-7-12(8-6-11)18-16(19-22-10-23-25-19)17-15-13(20(28)26-24-17)3-2-4-14(15)27-29-18/h2-8,10,16,18,21,27H,9H2,1H3,(H,26,28)(H,22,23,25). The summed E-state index contributed by atoms with van der Waals surface area (Å²) in [5.41, 5.74) is 6.26. The molecular formula is C20H19N7O2. The summed E-state index contributed by atoms with van der Waals surface area (Å²) in [4.78, 5) is 22.8. The Kier molecular flexibility index (Phi) is 4.30. The molecule has 2 aromatic carbocycles. The van der Waals surface area contributed by atoms with Crippen molar-refractivity contribution in [3.63, 3.8) is 0 Å². The van der Waals surface area contributed by atoms with Gasteiger partial charge in [-0.3, -0.25) is 20.2 Å². The molecule has 0 aliphatic carbocycles. The molecule has 9 nitrogen and oxygen atoms in total. The molecule has 4 N–H and O–H groups in total. The Balaban J connectivity index is 1.71. The van der Waals surface area contributed by atoms with Gasteiger partial charge in [0.1, 0.15) is 18.3 Å². The van der Waals surface area contributed by atoms with E-state index in [1.165, 1.54) is 11.9 Å². The van der Waals surface area contributed by atoms with Gasteiger partial charge in [-0.25, -0.2) is 10.1 Å². The molecule has 2 unspecified atom stereocenters. The number of hydrogen-bond acceptors (Lipinski definition) is 7. The quantitative estimate of drug-likeness (QED) is 0.421. The second-order valence-electron chi connectivity index (χ2n) is 6.93. The third kappa shape index (κ3) is 2.96. The van der Waals surface area contributed by atoms with Crippen molar-refractivity contribution in [1.82, 2.24) is 30.7 Å². The average molecular weight is 389 g/mol. The van der Waals surface area contributed by atoms with Crippen LogP contribution in [0.15, 0.2) is 53.6 Å². The molecule has 146 valence electrons. The molecule has 0 bridgehead atoms. The SMILES string of the molecule is CNCc1ccc(C2ONc3cccc4c(=O)[nH]nc(c34)C2c2ncn[nH]2)cc1. The second kappa shape index (κ2) is 7.12. The van der Waals surface area contributed by atoms with Gasteiger partial charge in [-0.15, -0.1) is 0 Å². The molecule has 4 aromatic rings. The van der Waals surface area contributed by atoms with Gasteiger partial charge in [-0.05, 0) is 30.3 Å². The summed E-state index contributed by atoms with van der Waals surface area (Å²) in [5.74, 6) is 0.205. The first kappa shape index (κ1) is 17.5. The fraction of sp³-hybridized carbons (Fsp3) is 0.200. The first-order valence-corrected chi connectivity index (χ1v) is 9.28. The van der Waals surface area contributed by atoms with Crippen LogP contribution in [0, 0.1) is 0 Å². The predicted molar refractivity (Wildman–Crippen MR) is 107 cm³/mol. The molecule has 29 heavy (non-hydrogen) atoms. The van der Waals surface area contributed by atoms with Gasteiger partial charge in [0.05, 0.1) is 22.7 Å². The van der Waals surface area contributed by atoms with Crippen LogP contribution in [-0.2, 0) is 11.4 Å². The highest BCUT2D eigenvalue weighted by Gasteiger charge is 2.36. The number of aromatic amines is 2. The maximum Gasteiger partial charge on any atom is 0.272 e. The number of rotatable bonds is 4. The van der Waals surface area contributed by atoms with Gasteiger partial charge in [0.15, 0.2) is 0 Å². The maximum absolute atomic E-state index is 12.4. The van der Waals surface area contributed by atoms with Crippen LogP contribution in [0.4, 0.5) is 5.69 Å². The lowest BCUT2D eigenvalue weighted by Gasteiger charge is -2.23. The summed E-state index contributed by atoms with van der Waals surface area (Å²) in [7, 11) is 1.91. The second-order valence-corrected chi connectivity index (χ2v) is 6.93. The van der Waals surface area contributed by atoms with Gasteiger partial charge in [0.25, 0.3) is 5.56 Å². The first-order chi connectivity index (χ1) is 14.3. The monoisotopic (exact) mass is 389 g/mol. The summed E-state index contributed by atoms with van der Waals surface area (Å²) < 4.78 is 0. The van der Waals surface area contributed by atoms with Gasteiger partial charge >= 0.3 is 0 Å². The molecule has 0 amide bonds. The maximum atomic E-state index is 12.4. The summed E-state index contributed by atoms with van der Waals surface area (Å²) in [6, 6.07) is 13.6. The fourth-order valence-corrected chi connectivity index (χ4v) is 3.82. The number of benzene rings is 2. The minimum Gasteiger partial charge on any atom is -0.316 e. The van der Waals surface area contributed by atoms with E-state index in [4.69, 9.17) is 4.84 Å². The summed E-state index contributed by atoms with van der Waals surface area (Å²) >= 11 is 0. The van der Waals surface area contributed by atoms with Gasteiger partial charge in [-0.2, -0.15) is 10.2 Å². The highest BCUT2D eigenvalue weighted by Crippen LogP contribution is 2.43. The Morgan fingerprint density at radius 1 is 1.14 bits per heavy atom. The predicted octanol–water partition coefficient (Wildman–Crippen LogP) is 1.99. The summed E-state index contributed by atoms with van der Waals surface area (Å²) in [6.07, 6.45) is 1.01. The normalized spacial score (nSPS) is 18.4. The van der Waals surface area contributed by atoms with E-state index in [1.54, 1.807) is 6.07 Å². The van der Waals surface area contributed by atoms with Crippen LogP contribution in [0.25, 0.3) is 10.8 Å². The van der Waals surface area contributed by atoms with Gasteiger partial charge in [0, 0.05) is 11.9 Å². The first-order valence-electron chi connectivity index (χ1n) is 9.28. The third-order valence-corrected chi connectivity index (χ3v) is 5.15. The summed E-state index contributed by atoms with van der Waals surface area (Å²) in [6.45, 7) is 0.781. The van der Waals surface area contributed by atoms with Crippen molar-refractivity contribution in [2.75, 3.05) is 12.5 Å². The van der Waals surface area contributed by atoms with Crippen molar-refractivity contribution in [2.24, 2.45) is 0 Å². The molecule has 1 aliphatic rings. The molecule has 0 radical (unpaired) electrons. The van der Waals surface area contributed by atoms with Crippen LogP contribution in [0.3, 0.4) is 0 Å². The van der Waals surface area contributed by atoms with Crippen molar-refractivity contribution in [1.29, 1.82) is 0 Å². The lowest BCUT2D eigenvalue weighted by atomic mass is 9.89. The lowest BCUT2D eigenvalue weighted by molar-refractivity contribution is 0.0859. The number of aromatic nitrogens is 5. The van der Waals surface area contributed by atoms with Crippen molar-refractivity contribution < 1.29 is 4.84 Å². The van der Waals surface area contributed by atoms with Gasteiger partial charge in [-0.1, -0.05) is 30.3 Å². The van der Waals surface area contributed by atoms with E-state index in [0.29, 0.717) is 28.0 Å². The lowest BCUT2D eigenvalue weighted by Crippen LogP contribution is -2.20. The van der Waals surface area contributed by atoms with Crippen LogP contribution in [0.5, 0.6) is 0 Å². The number of nitrogens with one attached hydrogen (secondary N) is 4. The minimum atomic E-state index is -0.444. The molecular weight excluding hydrogens is 370 g/mol. The van der Waals surface area contributed by atoms with E-state index in [9.17, 15) is 4.79 Å². The smallest absolute Gasteiger partial charge is 0.272 e. The van der Waals surface area contributed by atoms with Crippen LogP contribution in [0.2, 0.25) is 0 Å². The molecule has 0 saturated carbocycles. The largest absolute Gasteiger partial charge is 0.316 e. The molecule has 2 atom stereocenters. The Bertz CT molecular complexity index is 1200. The zero-order valence-corrected chi connectivity index (χ0v) is 15.6. The van der Waals surface area contributed by atoms with E-state index in [0.717, 1.165) is 12.1 Å². The van der Waals surface area contributed by atoms with E-state index >= 15 is 0 Å². The average Bonchev–Trinajstić information content (AvgIpc) is 3.22. The van der Waals surface area contributed by atoms with E-state index in [-0.39, 0.29) is 5.56 Å². The molecule has 0 spiro atoms. The Labute approximate surface area is 165 Å². The number of anilines is 1. The van der Waals surface area contributed by atoms with E-state index < -0.39 is 12.0 Å². The van der Waals surface area contributed by atoms with Crippen LogP contribution in [0.1, 0.15) is 34.7 Å². The van der Waals surface area contributed by atoms with Crippen molar-refractivity contribution in [2.45, 2.75) is 18.6 Å². The Hall–Kier alpha value is -3.56. The molecule has 0 fully saturated rings. The van der Waals surface area contributed by atoms with Gasteiger partial charge < -0.3 is 5.32 Å². The highest BCUT2D eigenvalue weighted by molar-refractivity contribution is 5.95. The Morgan fingerprint density at radius 3 is 2.76 bits per heavy atom. The third-order valence-electron chi connectivity index (χ3n) is 5.15. The highest BCUT2D eigenvalue weighted by atomic mass is 16.7. The topological polar surface area (TPSA) is 121 Å². The fourth-order valence-electron chi connectivity index (χ4n) is 3.82. The molecule has 9 heteroatoms. The molecule has 1 aliphatic heterocycles. The molecule has 3 heterocycles. The van der Waals surface area contributed by atoms with Gasteiger partial charge in [0.2, 0.25) is 0 Å². The molecule has 2 aromatic heterocycles. The van der Waals surface area contributed by atoms with E-state index in [1.807, 2.05) is 31.3 Å². The molecule has 5 rings (SSSR count). The Morgan fingerprint density at radius 2 is 2.00 bits per heavy atom. The van der Waals surface area contributed by atoms with Crippen molar-refractivity contribution in [3.8, 4) is 0 Å². The molecule has 0 saturated heterocycles. The number of hydrogen-bond donors (Lipinski definition) is 4. The summed E-state index contributed by atoms with van der Waals surface area (Å²) in [5, 5.41) is 18.4. The van der Waals surface area contributed by atoms with Crippen LogP contribution >= 0.6 is 0 Å².